The Labute approximate surface area is 227 Å². The Bertz CT molecular complexity index is 1350. The van der Waals surface area contributed by atoms with Crippen molar-refractivity contribution in [1.29, 1.82) is 0 Å². The van der Waals surface area contributed by atoms with E-state index in [1.165, 1.54) is 13.2 Å². The van der Waals surface area contributed by atoms with E-state index in [0.717, 1.165) is 61.4 Å². The molecule has 39 heavy (non-hydrogen) atoms. The normalized spacial score (nSPS) is 21.3. The zero-order valence-corrected chi connectivity index (χ0v) is 22.3. The number of amides is 1. The maximum absolute atomic E-state index is 14.3. The number of methoxy groups -OCH3 is 1. The van der Waals surface area contributed by atoms with E-state index in [4.69, 9.17) is 9.73 Å². The fourth-order valence-corrected chi connectivity index (χ4v) is 5.62. The van der Waals surface area contributed by atoms with Crippen LogP contribution in [0.25, 0.3) is 0 Å². The number of amidine groups is 2. The molecule has 0 bridgehead atoms. The van der Waals surface area contributed by atoms with Gasteiger partial charge in [-0.2, -0.15) is 0 Å². The maximum atomic E-state index is 14.3. The third-order valence-electron chi connectivity index (χ3n) is 7.95. The first-order chi connectivity index (χ1) is 19.0. The molecule has 1 amide bonds. The van der Waals surface area contributed by atoms with E-state index >= 15 is 0 Å². The summed E-state index contributed by atoms with van der Waals surface area (Å²) in [7, 11) is 1.45. The molecule has 10 heteroatoms. The minimum atomic E-state index is -0.395. The number of likely N-dealkylation sites (tertiary alicyclic amines) is 1. The zero-order valence-electron chi connectivity index (χ0n) is 22.3. The summed E-state index contributed by atoms with van der Waals surface area (Å²) >= 11 is 0. The molecule has 3 N–H and O–H groups in total. The van der Waals surface area contributed by atoms with Crippen LogP contribution in [0.5, 0.6) is 5.75 Å². The van der Waals surface area contributed by atoms with E-state index in [1.807, 2.05) is 47.2 Å². The first-order valence-electron chi connectivity index (χ1n) is 13.5. The number of carbonyl (C=O) groups excluding carboxylic acids is 1. The Kier molecular flexibility index (Phi) is 7.05. The summed E-state index contributed by atoms with van der Waals surface area (Å²) in [5.74, 6) is 1.22. The quantitative estimate of drug-likeness (QED) is 0.531. The van der Waals surface area contributed by atoms with Crippen molar-refractivity contribution >= 4 is 23.3 Å². The Hall–Kier alpha value is -3.76. The number of piperidine rings is 1. The molecule has 4 heterocycles. The first kappa shape index (κ1) is 25.5. The molecule has 2 aromatic carbocycles. The molecule has 2 aromatic rings. The van der Waals surface area contributed by atoms with Gasteiger partial charge in [0.2, 0.25) is 0 Å². The monoisotopic (exact) mass is 531 g/mol. The van der Waals surface area contributed by atoms with Crippen molar-refractivity contribution in [3.63, 3.8) is 0 Å². The summed E-state index contributed by atoms with van der Waals surface area (Å²) in [5, 5.41) is 10.3. The van der Waals surface area contributed by atoms with Gasteiger partial charge in [0.25, 0.3) is 5.91 Å². The number of halogens is 1. The van der Waals surface area contributed by atoms with Gasteiger partial charge < -0.3 is 30.5 Å². The highest BCUT2D eigenvalue weighted by atomic mass is 19.1. The molecule has 1 unspecified atom stereocenters. The molecule has 0 spiro atoms. The smallest absolute Gasteiger partial charge is 0.254 e. The molecule has 4 aliphatic heterocycles. The fraction of sp³-hybridized carbons (Fsp3) is 0.414. The summed E-state index contributed by atoms with van der Waals surface area (Å²) in [4.78, 5) is 26.5. The van der Waals surface area contributed by atoms with Gasteiger partial charge in [-0.3, -0.25) is 9.79 Å². The van der Waals surface area contributed by atoms with Crippen LogP contribution in [0.15, 0.2) is 58.8 Å². The van der Waals surface area contributed by atoms with E-state index in [-0.39, 0.29) is 17.7 Å². The highest BCUT2D eigenvalue weighted by Gasteiger charge is 2.33. The number of nitrogens with one attached hydrogen (secondary N) is 3. The summed E-state index contributed by atoms with van der Waals surface area (Å²) in [6.45, 7) is 6.07. The van der Waals surface area contributed by atoms with Crippen LogP contribution in [0.4, 0.5) is 10.1 Å². The molecular weight excluding hydrogens is 497 g/mol. The van der Waals surface area contributed by atoms with Crippen molar-refractivity contribution in [2.45, 2.75) is 37.9 Å². The van der Waals surface area contributed by atoms with E-state index < -0.39 is 5.82 Å². The topological polar surface area (TPSA) is 93.6 Å². The molecule has 9 nitrogen and oxygen atoms in total. The number of hydrogen-bond donors (Lipinski definition) is 3. The van der Waals surface area contributed by atoms with Gasteiger partial charge in [-0.25, -0.2) is 9.38 Å². The summed E-state index contributed by atoms with van der Waals surface area (Å²) in [6, 6.07) is 11.7. The van der Waals surface area contributed by atoms with E-state index in [2.05, 4.69) is 20.9 Å². The Balaban J connectivity index is 1.09. The molecule has 2 saturated heterocycles. The SMILES string of the molecule is COc1ccc(C2CN=C3C(Nc4ccc(C(=O)N5CCC(NC6CNC6)CC5)c(C)c4)=NC=CN32)cc1F. The zero-order chi connectivity index (χ0) is 26.9. The number of carbonyl (C=O) groups is 1. The van der Waals surface area contributed by atoms with Crippen molar-refractivity contribution in [3.05, 3.63) is 71.3 Å². The molecule has 6 rings (SSSR count). The molecule has 0 aromatic heterocycles. The highest BCUT2D eigenvalue weighted by molar-refractivity contribution is 6.45. The number of ether oxygens (including phenoxy) is 1. The molecule has 2 fully saturated rings. The number of aryl methyl sites for hydroxylation is 1. The molecule has 1 atom stereocenters. The fourth-order valence-electron chi connectivity index (χ4n) is 5.62. The summed E-state index contributed by atoms with van der Waals surface area (Å²) in [5.41, 5.74) is 3.28. The Morgan fingerprint density at radius 3 is 2.64 bits per heavy atom. The van der Waals surface area contributed by atoms with Crippen LogP contribution in [0, 0.1) is 12.7 Å². The van der Waals surface area contributed by atoms with Crippen LogP contribution in [-0.2, 0) is 0 Å². The van der Waals surface area contributed by atoms with Gasteiger partial charge >= 0.3 is 0 Å². The van der Waals surface area contributed by atoms with Gasteiger partial charge in [-0.15, -0.1) is 0 Å². The van der Waals surface area contributed by atoms with E-state index in [9.17, 15) is 9.18 Å². The number of hydrogen-bond acceptors (Lipinski definition) is 8. The molecule has 0 aliphatic carbocycles. The number of rotatable bonds is 6. The summed E-state index contributed by atoms with van der Waals surface area (Å²) in [6.07, 6.45) is 5.54. The predicted octanol–water partition coefficient (Wildman–Crippen LogP) is 3.06. The molecule has 0 radical (unpaired) electrons. The van der Waals surface area contributed by atoms with Gasteiger partial charge in [-0.05, 0) is 61.2 Å². The first-order valence-corrected chi connectivity index (χ1v) is 13.5. The molecule has 4 aliphatic rings. The minimum absolute atomic E-state index is 0.0849. The largest absolute Gasteiger partial charge is 0.494 e. The lowest BCUT2D eigenvalue weighted by atomic mass is 10.00. The lowest BCUT2D eigenvalue weighted by molar-refractivity contribution is 0.0698. The summed E-state index contributed by atoms with van der Waals surface area (Å²) < 4.78 is 19.4. The second kappa shape index (κ2) is 10.8. The second-order valence-electron chi connectivity index (χ2n) is 10.5. The minimum Gasteiger partial charge on any atom is -0.494 e. The van der Waals surface area contributed by atoms with E-state index in [1.54, 1.807) is 12.3 Å². The van der Waals surface area contributed by atoms with Crippen LogP contribution in [0.2, 0.25) is 0 Å². The van der Waals surface area contributed by atoms with Crippen molar-refractivity contribution in [1.82, 2.24) is 20.4 Å². The molecular formula is C29H34FN7O2. The maximum Gasteiger partial charge on any atom is 0.254 e. The van der Waals surface area contributed by atoms with Crippen LogP contribution in [0.1, 0.15) is 40.4 Å². The van der Waals surface area contributed by atoms with Crippen molar-refractivity contribution in [2.75, 3.05) is 45.2 Å². The van der Waals surface area contributed by atoms with Crippen molar-refractivity contribution in [2.24, 2.45) is 9.98 Å². The van der Waals surface area contributed by atoms with Gasteiger partial charge in [0.1, 0.15) is 0 Å². The van der Waals surface area contributed by atoms with Crippen LogP contribution in [-0.4, -0.2) is 79.3 Å². The number of aliphatic imine (C=N–C) groups is 2. The predicted molar refractivity (Wildman–Crippen MR) is 150 cm³/mol. The Morgan fingerprint density at radius 2 is 1.95 bits per heavy atom. The van der Waals surface area contributed by atoms with Gasteiger partial charge in [0.05, 0.1) is 19.7 Å². The molecule has 204 valence electrons. The van der Waals surface area contributed by atoms with Crippen molar-refractivity contribution < 1.29 is 13.9 Å². The average molecular weight is 532 g/mol. The average Bonchev–Trinajstić information content (AvgIpc) is 3.36. The third-order valence-corrected chi connectivity index (χ3v) is 7.95. The van der Waals surface area contributed by atoms with Crippen LogP contribution in [0.3, 0.4) is 0 Å². The van der Waals surface area contributed by atoms with Crippen molar-refractivity contribution in [3.8, 4) is 5.75 Å². The van der Waals surface area contributed by atoms with Gasteiger partial charge in [0.15, 0.2) is 23.2 Å². The lowest BCUT2D eigenvalue weighted by Gasteiger charge is -2.37. The second-order valence-corrected chi connectivity index (χ2v) is 10.5. The lowest BCUT2D eigenvalue weighted by Crippen LogP contribution is -2.59. The standard InChI is InChI=1S/C29H34FN7O2/c1-18-13-21(4-5-23(18)29(38)36-10-7-20(8-11-36)34-22-15-31-16-22)35-27-28-33-17-25(37(28)12-9-32-27)19-3-6-26(39-2)24(30)14-19/h3-6,9,12-14,20,22,25,31,34H,7-8,10-11,15-17H2,1-2H3,(H,32,35). The van der Waals surface area contributed by atoms with Gasteiger partial charge in [-0.1, -0.05) is 6.07 Å². The number of nitrogens with zero attached hydrogens (tertiary/aromatic N) is 4. The van der Waals surface area contributed by atoms with Gasteiger partial charge in [0, 0.05) is 61.9 Å². The number of benzene rings is 2. The van der Waals surface area contributed by atoms with E-state index in [0.29, 0.717) is 30.3 Å². The van der Waals surface area contributed by atoms with Crippen LogP contribution >= 0.6 is 0 Å². The van der Waals surface area contributed by atoms with Crippen LogP contribution < -0.4 is 20.7 Å². The number of anilines is 1. The Morgan fingerprint density at radius 1 is 1.13 bits per heavy atom. The third kappa shape index (κ3) is 5.14. The highest BCUT2D eigenvalue weighted by Crippen LogP contribution is 2.32. The molecule has 0 saturated carbocycles. The number of fused-ring (bicyclic) bond motifs is 1.